The van der Waals surface area contributed by atoms with Crippen LogP contribution in [-0.4, -0.2) is 5.78 Å². The van der Waals surface area contributed by atoms with Gasteiger partial charge in [0.2, 0.25) is 0 Å². The summed E-state index contributed by atoms with van der Waals surface area (Å²) >= 11 is 1.59. The van der Waals surface area contributed by atoms with Gasteiger partial charge in [0, 0.05) is 28.1 Å². The zero-order chi connectivity index (χ0) is 22.6. The molecule has 1 aliphatic carbocycles. The van der Waals surface area contributed by atoms with Crippen molar-refractivity contribution in [1.29, 1.82) is 0 Å². The zero-order valence-corrected chi connectivity index (χ0v) is 19.5. The van der Waals surface area contributed by atoms with Gasteiger partial charge < -0.3 is 9.73 Å². The summed E-state index contributed by atoms with van der Waals surface area (Å²) in [6.07, 6.45) is 1.43. The van der Waals surface area contributed by atoms with Crippen LogP contribution in [0.15, 0.2) is 98.8 Å². The van der Waals surface area contributed by atoms with E-state index in [0.717, 1.165) is 33.4 Å². The summed E-state index contributed by atoms with van der Waals surface area (Å²) in [7, 11) is 0. The number of benzene rings is 3. The summed E-state index contributed by atoms with van der Waals surface area (Å²) in [5, 5.41) is 6.87. The molecule has 33 heavy (non-hydrogen) atoms. The molecule has 1 aromatic heterocycles. The van der Waals surface area contributed by atoms with Crippen molar-refractivity contribution in [3.8, 4) is 0 Å². The molecule has 4 aromatic rings. The molecule has 0 fully saturated rings. The van der Waals surface area contributed by atoms with E-state index in [1.807, 2.05) is 30.3 Å². The fraction of sp³-hybridized carbons (Fsp3) is 0.207. The fourth-order valence-corrected chi connectivity index (χ4v) is 6.00. The maximum absolute atomic E-state index is 13.5. The van der Waals surface area contributed by atoms with Crippen molar-refractivity contribution >= 4 is 39.6 Å². The molecule has 4 heteroatoms. The number of allylic oxidation sites excluding steroid dienone is 1. The average Bonchev–Trinajstić information content (AvgIpc) is 3.26. The molecule has 2 aliphatic rings. The molecule has 1 atom stereocenters. The van der Waals surface area contributed by atoms with Crippen LogP contribution >= 0.6 is 11.8 Å². The molecule has 0 saturated carbocycles. The summed E-state index contributed by atoms with van der Waals surface area (Å²) < 4.78 is 6.29. The number of hydrogen-bond acceptors (Lipinski definition) is 4. The van der Waals surface area contributed by atoms with E-state index >= 15 is 0 Å². The first kappa shape index (κ1) is 20.4. The van der Waals surface area contributed by atoms with Crippen molar-refractivity contribution in [2.24, 2.45) is 5.41 Å². The molecular weight excluding hydrogens is 426 g/mol. The third-order valence-corrected chi connectivity index (χ3v) is 7.52. The summed E-state index contributed by atoms with van der Waals surface area (Å²) in [6.45, 7) is 4.38. The topological polar surface area (TPSA) is 42.2 Å². The third kappa shape index (κ3) is 3.59. The lowest BCUT2D eigenvalue weighted by atomic mass is 9.68. The van der Waals surface area contributed by atoms with Crippen LogP contribution in [0.2, 0.25) is 0 Å². The molecule has 0 amide bonds. The van der Waals surface area contributed by atoms with Gasteiger partial charge in [-0.1, -0.05) is 74.1 Å². The lowest BCUT2D eigenvalue weighted by Gasteiger charge is -2.39. The molecule has 6 rings (SSSR count). The number of furan rings is 1. The highest BCUT2D eigenvalue weighted by molar-refractivity contribution is 7.99. The van der Waals surface area contributed by atoms with E-state index in [2.05, 4.69) is 67.7 Å². The molecule has 2 heterocycles. The maximum atomic E-state index is 13.5. The molecular formula is C29H25NO2S. The second-order valence-electron chi connectivity index (χ2n) is 9.69. The van der Waals surface area contributed by atoms with E-state index in [1.54, 1.807) is 11.8 Å². The van der Waals surface area contributed by atoms with Crippen molar-refractivity contribution in [2.75, 3.05) is 5.32 Å². The van der Waals surface area contributed by atoms with Crippen molar-refractivity contribution in [2.45, 2.75) is 42.7 Å². The van der Waals surface area contributed by atoms with Gasteiger partial charge in [-0.15, -0.1) is 0 Å². The summed E-state index contributed by atoms with van der Waals surface area (Å²) in [5.74, 6) is 0.999. The molecule has 1 N–H and O–H groups in total. The Bertz CT molecular complexity index is 1410. The normalized spacial score (nSPS) is 19.2. The van der Waals surface area contributed by atoms with Crippen LogP contribution in [0.5, 0.6) is 0 Å². The Balaban J connectivity index is 1.48. The molecule has 0 unspecified atom stereocenters. The van der Waals surface area contributed by atoms with E-state index in [0.29, 0.717) is 6.42 Å². The Morgan fingerprint density at radius 1 is 0.909 bits per heavy atom. The highest BCUT2D eigenvalue weighted by Crippen LogP contribution is 2.52. The monoisotopic (exact) mass is 451 g/mol. The Kier molecular flexibility index (Phi) is 4.73. The number of rotatable bonds is 3. The molecule has 0 radical (unpaired) electrons. The largest absolute Gasteiger partial charge is 0.452 e. The lowest BCUT2D eigenvalue weighted by Crippen LogP contribution is -2.33. The Hall–Kier alpha value is -3.24. The molecule has 1 aliphatic heterocycles. The molecule has 0 saturated heterocycles. The summed E-state index contributed by atoms with van der Waals surface area (Å²) in [5.41, 5.74) is 4.20. The van der Waals surface area contributed by atoms with E-state index in [9.17, 15) is 4.79 Å². The minimum Gasteiger partial charge on any atom is -0.452 e. The van der Waals surface area contributed by atoms with Crippen molar-refractivity contribution in [3.63, 3.8) is 0 Å². The van der Waals surface area contributed by atoms with Crippen LogP contribution in [-0.2, 0) is 4.79 Å². The number of carbonyl (C=O) groups excluding carboxylic acids is 1. The van der Waals surface area contributed by atoms with E-state index in [1.165, 1.54) is 21.9 Å². The van der Waals surface area contributed by atoms with Crippen LogP contribution in [0.3, 0.4) is 0 Å². The second kappa shape index (κ2) is 7.67. The molecule has 164 valence electrons. The first-order valence-electron chi connectivity index (χ1n) is 11.4. The first-order chi connectivity index (χ1) is 16.0. The molecule has 0 bridgehead atoms. The number of nitrogens with one attached hydrogen (secondary N) is 1. The van der Waals surface area contributed by atoms with Crippen LogP contribution in [0, 0.1) is 5.41 Å². The highest BCUT2D eigenvalue weighted by Gasteiger charge is 2.41. The van der Waals surface area contributed by atoms with Gasteiger partial charge >= 0.3 is 0 Å². The second-order valence-corrected chi connectivity index (χ2v) is 10.8. The maximum Gasteiger partial charge on any atom is 0.165 e. The predicted octanol–water partition coefficient (Wildman–Crippen LogP) is 7.89. The van der Waals surface area contributed by atoms with Crippen LogP contribution < -0.4 is 5.32 Å². The molecule has 3 aromatic carbocycles. The highest BCUT2D eigenvalue weighted by atomic mass is 32.2. The van der Waals surface area contributed by atoms with Gasteiger partial charge in [0.25, 0.3) is 0 Å². The van der Waals surface area contributed by atoms with Crippen molar-refractivity contribution in [3.05, 3.63) is 95.8 Å². The van der Waals surface area contributed by atoms with E-state index in [4.69, 9.17) is 4.42 Å². The van der Waals surface area contributed by atoms with E-state index in [-0.39, 0.29) is 17.2 Å². The first-order valence-corrected chi connectivity index (χ1v) is 12.2. The third-order valence-electron chi connectivity index (χ3n) is 6.59. The lowest BCUT2D eigenvalue weighted by molar-refractivity contribution is -0.118. The Labute approximate surface area is 197 Å². The number of Topliss-reactive ketones (excluding diaryl/α,β-unsaturated/α-hetero) is 1. The number of carbonyl (C=O) groups is 1. The quantitative estimate of drug-likeness (QED) is 0.344. The Morgan fingerprint density at radius 2 is 1.70 bits per heavy atom. The van der Waals surface area contributed by atoms with Gasteiger partial charge in [-0.25, -0.2) is 0 Å². The van der Waals surface area contributed by atoms with E-state index < -0.39 is 0 Å². The fourth-order valence-electron chi connectivity index (χ4n) is 5.20. The minimum absolute atomic E-state index is 0.0660. The van der Waals surface area contributed by atoms with Crippen LogP contribution in [0.25, 0.3) is 16.3 Å². The smallest absolute Gasteiger partial charge is 0.165 e. The SMILES string of the molecule is CC1(C)CC(=O)C2=C(C1)c1c(ccc3ccccc13)N[C@H]2c1ccc(Sc2ccccc2)o1. The van der Waals surface area contributed by atoms with Gasteiger partial charge in [0.15, 0.2) is 10.9 Å². The molecule has 0 spiro atoms. The number of ketones is 1. The average molecular weight is 452 g/mol. The van der Waals surface area contributed by atoms with Gasteiger partial charge in [-0.2, -0.15) is 0 Å². The minimum atomic E-state index is -0.276. The Morgan fingerprint density at radius 3 is 2.55 bits per heavy atom. The predicted molar refractivity (Wildman–Crippen MR) is 135 cm³/mol. The summed E-state index contributed by atoms with van der Waals surface area (Å²) in [6, 6.07) is 26.7. The van der Waals surface area contributed by atoms with Gasteiger partial charge in [0.1, 0.15) is 11.8 Å². The van der Waals surface area contributed by atoms with Crippen molar-refractivity contribution in [1.82, 2.24) is 0 Å². The van der Waals surface area contributed by atoms with Crippen molar-refractivity contribution < 1.29 is 9.21 Å². The zero-order valence-electron chi connectivity index (χ0n) is 18.7. The van der Waals surface area contributed by atoms with Crippen LogP contribution in [0.4, 0.5) is 5.69 Å². The van der Waals surface area contributed by atoms with Gasteiger partial charge in [0.05, 0.1) is 0 Å². The molecule has 3 nitrogen and oxygen atoms in total. The van der Waals surface area contributed by atoms with Gasteiger partial charge in [-0.05, 0) is 58.5 Å². The number of fused-ring (bicyclic) bond motifs is 4. The number of hydrogen-bond donors (Lipinski definition) is 1. The standard InChI is InChI=1S/C29H25NO2S/c1-29(2)16-21-26-20-11-7-6-8-18(20)12-13-22(26)30-28(27(21)23(31)17-29)24-14-15-25(32-24)33-19-9-4-3-5-10-19/h3-15,28,30H,16-17H2,1-2H3/t28-/m0/s1. The number of anilines is 1. The summed E-state index contributed by atoms with van der Waals surface area (Å²) in [4.78, 5) is 14.7. The van der Waals surface area contributed by atoms with Gasteiger partial charge in [-0.3, -0.25) is 4.79 Å². The van der Waals surface area contributed by atoms with Crippen LogP contribution in [0.1, 0.15) is 44.1 Å².